The van der Waals surface area contributed by atoms with E-state index in [1.54, 1.807) is 14.2 Å². The highest BCUT2D eigenvalue weighted by molar-refractivity contribution is 5.46. The minimum atomic E-state index is -0.386. The number of fused-ring (bicyclic) bond motifs is 1. The lowest BCUT2D eigenvalue weighted by molar-refractivity contribution is 0.149. The van der Waals surface area contributed by atoms with Crippen molar-refractivity contribution in [2.45, 2.75) is 25.6 Å². The summed E-state index contributed by atoms with van der Waals surface area (Å²) >= 11 is 0. The van der Waals surface area contributed by atoms with Crippen LogP contribution in [0.1, 0.15) is 29.2 Å². The number of nitrogens with zero attached hydrogens (tertiary/aromatic N) is 1. The molecule has 122 valence electrons. The number of benzene rings is 2. The van der Waals surface area contributed by atoms with Crippen LogP contribution in [-0.4, -0.2) is 30.8 Å². The van der Waals surface area contributed by atoms with Crippen molar-refractivity contribution in [3.05, 3.63) is 59.2 Å². The number of rotatable bonds is 4. The van der Waals surface area contributed by atoms with Crippen LogP contribution in [0.3, 0.4) is 0 Å². The number of ether oxygens (including phenoxy) is 2. The molecule has 0 saturated heterocycles. The molecule has 0 radical (unpaired) electrons. The molecule has 0 spiro atoms. The van der Waals surface area contributed by atoms with Crippen LogP contribution in [-0.2, 0) is 13.1 Å². The summed E-state index contributed by atoms with van der Waals surface area (Å²) in [6, 6.07) is 14.1. The second-order valence-corrected chi connectivity index (χ2v) is 5.87. The zero-order chi connectivity index (χ0) is 16.2. The SMILES string of the molecule is COc1cccc(CN2CCC(O)c3ccccc3C2)c1OC. The summed E-state index contributed by atoms with van der Waals surface area (Å²) in [5, 5.41) is 10.3. The molecule has 1 unspecified atom stereocenters. The predicted molar refractivity (Wildman–Crippen MR) is 89.7 cm³/mol. The van der Waals surface area contributed by atoms with Crippen LogP contribution < -0.4 is 9.47 Å². The number of hydrogen-bond acceptors (Lipinski definition) is 4. The average Bonchev–Trinajstić information content (AvgIpc) is 2.74. The van der Waals surface area contributed by atoms with Gasteiger partial charge in [0.15, 0.2) is 11.5 Å². The van der Waals surface area contributed by atoms with E-state index in [2.05, 4.69) is 17.0 Å². The molecule has 1 atom stereocenters. The van der Waals surface area contributed by atoms with Crippen LogP contribution in [0, 0.1) is 0 Å². The minimum absolute atomic E-state index is 0.386. The van der Waals surface area contributed by atoms with Gasteiger partial charge in [0, 0.05) is 25.2 Å². The maximum Gasteiger partial charge on any atom is 0.165 e. The third-order valence-corrected chi connectivity index (χ3v) is 4.41. The Balaban J connectivity index is 1.84. The van der Waals surface area contributed by atoms with Crippen LogP contribution in [0.2, 0.25) is 0 Å². The number of methoxy groups -OCH3 is 2. The van der Waals surface area contributed by atoms with E-state index in [4.69, 9.17) is 9.47 Å². The highest BCUT2D eigenvalue weighted by Crippen LogP contribution is 2.33. The van der Waals surface area contributed by atoms with Gasteiger partial charge >= 0.3 is 0 Å². The summed E-state index contributed by atoms with van der Waals surface area (Å²) < 4.78 is 10.9. The van der Waals surface area contributed by atoms with Crippen molar-refractivity contribution in [3.8, 4) is 11.5 Å². The average molecular weight is 313 g/mol. The Bertz CT molecular complexity index is 671. The lowest BCUT2D eigenvalue weighted by Crippen LogP contribution is -2.23. The van der Waals surface area contributed by atoms with E-state index >= 15 is 0 Å². The molecule has 0 aliphatic carbocycles. The molecule has 0 fully saturated rings. The fraction of sp³-hybridized carbons (Fsp3) is 0.368. The maximum atomic E-state index is 10.3. The van der Waals surface area contributed by atoms with Crippen molar-refractivity contribution in [1.29, 1.82) is 0 Å². The summed E-state index contributed by atoms with van der Waals surface area (Å²) in [6.07, 6.45) is 0.354. The van der Waals surface area contributed by atoms with Crippen molar-refractivity contribution in [1.82, 2.24) is 4.90 Å². The lowest BCUT2D eigenvalue weighted by atomic mass is 10.0. The van der Waals surface area contributed by atoms with Crippen LogP contribution in [0.25, 0.3) is 0 Å². The van der Waals surface area contributed by atoms with Gasteiger partial charge in [0.05, 0.1) is 20.3 Å². The van der Waals surface area contributed by atoms with Crippen LogP contribution in [0.5, 0.6) is 11.5 Å². The molecule has 0 amide bonds. The summed E-state index contributed by atoms with van der Waals surface area (Å²) in [5.41, 5.74) is 3.34. The Morgan fingerprint density at radius 3 is 2.70 bits per heavy atom. The van der Waals surface area contributed by atoms with E-state index in [0.717, 1.165) is 48.7 Å². The molecule has 0 bridgehead atoms. The van der Waals surface area contributed by atoms with Gasteiger partial charge in [-0.05, 0) is 23.6 Å². The standard InChI is InChI=1S/C19H23NO3/c1-22-18-9-5-7-15(19(18)23-2)13-20-11-10-17(21)16-8-4-3-6-14(16)12-20/h3-9,17,21H,10-13H2,1-2H3. The van der Waals surface area contributed by atoms with Gasteiger partial charge in [0.2, 0.25) is 0 Å². The minimum Gasteiger partial charge on any atom is -0.493 e. The van der Waals surface area contributed by atoms with Gasteiger partial charge in [0.1, 0.15) is 0 Å². The monoisotopic (exact) mass is 313 g/mol. The largest absolute Gasteiger partial charge is 0.493 e. The normalized spacial score (nSPS) is 18.1. The molecule has 4 heteroatoms. The second kappa shape index (κ2) is 7.02. The topological polar surface area (TPSA) is 41.9 Å². The van der Waals surface area contributed by atoms with E-state index in [0.29, 0.717) is 0 Å². The van der Waals surface area contributed by atoms with Gasteiger partial charge in [-0.2, -0.15) is 0 Å². The fourth-order valence-electron chi connectivity index (χ4n) is 3.24. The molecule has 1 aliphatic heterocycles. The van der Waals surface area contributed by atoms with Crippen LogP contribution >= 0.6 is 0 Å². The number of aliphatic hydroxyl groups is 1. The predicted octanol–water partition coefficient (Wildman–Crippen LogP) is 3.14. The highest BCUT2D eigenvalue weighted by Gasteiger charge is 2.21. The Kier molecular flexibility index (Phi) is 4.84. The summed E-state index contributed by atoms with van der Waals surface area (Å²) in [5.74, 6) is 1.54. The first-order chi connectivity index (χ1) is 11.2. The van der Waals surface area contributed by atoms with Crippen LogP contribution in [0.4, 0.5) is 0 Å². The van der Waals surface area contributed by atoms with Crippen molar-refractivity contribution >= 4 is 0 Å². The smallest absolute Gasteiger partial charge is 0.165 e. The zero-order valence-electron chi connectivity index (χ0n) is 13.7. The molecule has 1 heterocycles. The van der Waals surface area contributed by atoms with Gasteiger partial charge in [0.25, 0.3) is 0 Å². The first-order valence-corrected chi connectivity index (χ1v) is 7.91. The van der Waals surface area contributed by atoms with Gasteiger partial charge in [-0.15, -0.1) is 0 Å². The van der Waals surface area contributed by atoms with Gasteiger partial charge in [-0.3, -0.25) is 4.90 Å². The summed E-state index contributed by atoms with van der Waals surface area (Å²) in [4.78, 5) is 2.34. The number of hydrogen-bond donors (Lipinski definition) is 1. The fourth-order valence-corrected chi connectivity index (χ4v) is 3.24. The first-order valence-electron chi connectivity index (χ1n) is 7.91. The number of aliphatic hydroxyl groups excluding tert-OH is 1. The van der Waals surface area contributed by atoms with Crippen molar-refractivity contribution in [2.75, 3.05) is 20.8 Å². The Morgan fingerprint density at radius 1 is 1.09 bits per heavy atom. The molecule has 23 heavy (non-hydrogen) atoms. The third-order valence-electron chi connectivity index (χ3n) is 4.41. The Morgan fingerprint density at radius 2 is 1.91 bits per heavy atom. The molecule has 0 aromatic heterocycles. The molecule has 4 nitrogen and oxygen atoms in total. The van der Waals surface area contributed by atoms with E-state index < -0.39 is 0 Å². The molecule has 1 N–H and O–H groups in total. The summed E-state index contributed by atoms with van der Waals surface area (Å²) in [6.45, 7) is 2.44. The molecule has 2 aromatic rings. The molecule has 0 saturated carbocycles. The highest BCUT2D eigenvalue weighted by atomic mass is 16.5. The Hall–Kier alpha value is -2.04. The van der Waals surface area contributed by atoms with Crippen LogP contribution in [0.15, 0.2) is 42.5 Å². The third kappa shape index (κ3) is 3.33. The van der Waals surface area contributed by atoms with Crippen molar-refractivity contribution < 1.29 is 14.6 Å². The molecule has 1 aliphatic rings. The maximum absolute atomic E-state index is 10.3. The first kappa shape index (κ1) is 15.8. The molecular weight excluding hydrogens is 290 g/mol. The van der Waals surface area contributed by atoms with E-state index in [1.807, 2.05) is 30.3 Å². The summed E-state index contributed by atoms with van der Waals surface area (Å²) in [7, 11) is 3.32. The molecule has 2 aromatic carbocycles. The van der Waals surface area contributed by atoms with Crippen molar-refractivity contribution in [2.24, 2.45) is 0 Å². The number of para-hydroxylation sites is 1. The zero-order valence-corrected chi connectivity index (χ0v) is 13.7. The van der Waals surface area contributed by atoms with Gasteiger partial charge < -0.3 is 14.6 Å². The molecular formula is C19H23NO3. The second-order valence-electron chi connectivity index (χ2n) is 5.87. The van der Waals surface area contributed by atoms with E-state index in [1.165, 1.54) is 5.56 Å². The Labute approximate surface area is 137 Å². The quantitative estimate of drug-likeness (QED) is 0.941. The molecule has 3 rings (SSSR count). The van der Waals surface area contributed by atoms with Gasteiger partial charge in [-0.25, -0.2) is 0 Å². The van der Waals surface area contributed by atoms with Crippen molar-refractivity contribution in [3.63, 3.8) is 0 Å². The van der Waals surface area contributed by atoms with E-state index in [-0.39, 0.29) is 6.10 Å². The van der Waals surface area contributed by atoms with Gasteiger partial charge in [-0.1, -0.05) is 36.4 Å². The lowest BCUT2D eigenvalue weighted by Gasteiger charge is -2.22. The van der Waals surface area contributed by atoms with E-state index in [9.17, 15) is 5.11 Å².